The molecule has 116 valence electrons. The Kier molecular flexibility index (Phi) is 4.97. The van der Waals surface area contributed by atoms with Crippen LogP contribution < -0.4 is 5.32 Å². The Bertz CT molecular complexity index is 498. The molecule has 1 N–H and O–H groups in total. The van der Waals surface area contributed by atoms with Crippen LogP contribution in [-0.2, 0) is 9.53 Å². The molecule has 1 saturated carbocycles. The van der Waals surface area contributed by atoms with Crippen LogP contribution in [0.1, 0.15) is 46.0 Å². The predicted molar refractivity (Wildman–Crippen MR) is 89.4 cm³/mol. The van der Waals surface area contributed by atoms with Crippen LogP contribution in [0.5, 0.6) is 0 Å². The molecule has 1 aliphatic carbocycles. The zero-order chi connectivity index (χ0) is 15.5. The van der Waals surface area contributed by atoms with Crippen molar-refractivity contribution in [2.24, 2.45) is 5.41 Å². The minimum atomic E-state index is -0.601. The van der Waals surface area contributed by atoms with E-state index >= 15 is 0 Å². The third-order valence-corrected chi connectivity index (χ3v) is 5.02. The number of anilines is 1. The van der Waals surface area contributed by atoms with Crippen LogP contribution in [0.3, 0.4) is 0 Å². The second-order valence-corrected chi connectivity index (χ2v) is 7.64. The lowest BCUT2D eigenvalue weighted by atomic mass is 9.83. The number of benzene rings is 1. The molecular formula is C17H24BrNO2. The zero-order valence-electron chi connectivity index (χ0n) is 13.0. The maximum atomic E-state index is 12.4. The Morgan fingerprint density at radius 3 is 2.43 bits per heavy atom. The average Bonchev–Trinajstić information content (AvgIpc) is 2.60. The summed E-state index contributed by atoms with van der Waals surface area (Å²) in [4.78, 5) is 12.4. The van der Waals surface area contributed by atoms with E-state index in [1.807, 2.05) is 24.3 Å². The Balaban J connectivity index is 2.25. The van der Waals surface area contributed by atoms with Crippen LogP contribution in [-0.4, -0.2) is 18.6 Å². The number of hydrogen-bond donors (Lipinski definition) is 1. The monoisotopic (exact) mass is 353 g/mol. The SMILES string of the molecule is COC(=O)C1(Nc2ccc(Br)cc2)CCCC(C)(C)CC1. The highest BCUT2D eigenvalue weighted by atomic mass is 79.9. The van der Waals surface area contributed by atoms with Gasteiger partial charge in [-0.2, -0.15) is 0 Å². The summed E-state index contributed by atoms with van der Waals surface area (Å²) in [5.41, 5.74) is 0.649. The molecule has 1 unspecified atom stereocenters. The molecule has 1 aromatic carbocycles. The van der Waals surface area contributed by atoms with Gasteiger partial charge in [-0.15, -0.1) is 0 Å². The summed E-state index contributed by atoms with van der Waals surface area (Å²) < 4.78 is 6.13. The molecule has 0 aromatic heterocycles. The van der Waals surface area contributed by atoms with Gasteiger partial charge in [0.2, 0.25) is 0 Å². The van der Waals surface area contributed by atoms with Crippen molar-refractivity contribution in [1.82, 2.24) is 0 Å². The molecule has 1 aliphatic rings. The van der Waals surface area contributed by atoms with Crippen LogP contribution in [0.15, 0.2) is 28.7 Å². The van der Waals surface area contributed by atoms with Gasteiger partial charge in [0, 0.05) is 10.2 Å². The first-order valence-corrected chi connectivity index (χ1v) is 8.28. The number of ether oxygens (including phenoxy) is 1. The van der Waals surface area contributed by atoms with Gasteiger partial charge in [-0.25, -0.2) is 4.79 Å². The second kappa shape index (κ2) is 6.39. The van der Waals surface area contributed by atoms with Crippen molar-refractivity contribution in [3.05, 3.63) is 28.7 Å². The molecule has 1 atom stereocenters. The number of rotatable bonds is 3. The number of hydrogen-bond acceptors (Lipinski definition) is 3. The summed E-state index contributed by atoms with van der Waals surface area (Å²) in [5.74, 6) is -0.150. The van der Waals surface area contributed by atoms with E-state index in [9.17, 15) is 4.79 Å². The van der Waals surface area contributed by atoms with Gasteiger partial charge < -0.3 is 10.1 Å². The number of nitrogens with one attached hydrogen (secondary N) is 1. The molecule has 0 aliphatic heterocycles. The van der Waals surface area contributed by atoms with Crippen molar-refractivity contribution in [3.8, 4) is 0 Å². The van der Waals surface area contributed by atoms with Crippen molar-refractivity contribution in [3.63, 3.8) is 0 Å². The molecule has 4 heteroatoms. The van der Waals surface area contributed by atoms with E-state index in [0.29, 0.717) is 0 Å². The first-order valence-electron chi connectivity index (χ1n) is 7.49. The largest absolute Gasteiger partial charge is 0.467 e. The van der Waals surface area contributed by atoms with Gasteiger partial charge >= 0.3 is 5.97 Å². The summed E-state index contributed by atoms with van der Waals surface area (Å²) >= 11 is 3.43. The van der Waals surface area contributed by atoms with Gasteiger partial charge in [0.25, 0.3) is 0 Å². The van der Waals surface area contributed by atoms with E-state index in [1.165, 1.54) is 7.11 Å². The van der Waals surface area contributed by atoms with E-state index < -0.39 is 5.54 Å². The van der Waals surface area contributed by atoms with Crippen LogP contribution in [0, 0.1) is 5.41 Å². The lowest BCUT2D eigenvalue weighted by Crippen LogP contribution is -2.47. The third-order valence-electron chi connectivity index (χ3n) is 4.49. The van der Waals surface area contributed by atoms with Crippen LogP contribution in [0.2, 0.25) is 0 Å². The van der Waals surface area contributed by atoms with E-state index in [1.54, 1.807) is 0 Å². The van der Waals surface area contributed by atoms with E-state index in [0.717, 1.165) is 42.3 Å². The molecular weight excluding hydrogens is 330 g/mol. The Hall–Kier alpha value is -1.03. The molecule has 1 aromatic rings. The summed E-state index contributed by atoms with van der Waals surface area (Å²) in [7, 11) is 1.48. The van der Waals surface area contributed by atoms with Crippen molar-refractivity contribution < 1.29 is 9.53 Å². The van der Waals surface area contributed by atoms with Gasteiger partial charge in [-0.05, 0) is 61.8 Å². The summed E-state index contributed by atoms with van der Waals surface area (Å²) in [6, 6.07) is 7.94. The molecule has 0 spiro atoms. The van der Waals surface area contributed by atoms with E-state index in [-0.39, 0.29) is 11.4 Å². The minimum absolute atomic E-state index is 0.150. The van der Waals surface area contributed by atoms with Gasteiger partial charge in [0.15, 0.2) is 0 Å². The Labute approximate surface area is 135 Å². The fourth-order valence-electron chi connectivity index (χ4n) is 3.06. The second-order valence-electron chi connectivity index (χ2n) is 6.72. The number of methoxy groups -OCH3 is 1. The smallest absolute Gasteiger partial charge is 0.331 e. The summed E-state index contributed by atoms with van der Waals surface area (Å²) in [6.07, 6.45) is 4.83. The van der Waals surface area contributed by atoms with Crippen molar-refractivity contribution in [1.29, 1.82) is 0 Å². The highest BCUT2D eigenvalue weighted by Gasteiger charge is 2.42. The number of esters is 1. The maximum Gasteiger partial charge on any atom is 0.331 e. The fraction of sp³-hybridized carbons (Fsp3) is 0.588. The topological polar surface area (TPSA) is 38.3 Å². The number of carbonyl (C=O) groups excluding carboxylic acids is 1. The fourth-order valence-corrected chi connectivity index (χ4v) is 3.32. The van der Waals surface area contributed by atoms with Gasteiger partial charge in [0.1, 0.15) is 5.54 Å². The molecule has 2 rings (SSSR count). The first kappa shape index (κ1) is 16.3. The van der Waals surface area contributed by atoms with Crippen molar-refractivity contribution >= 4 is 27.6 Å². The third kappa shape index (κ3) is 4.00. The van der Waals surface area contributed by atoms with E-state index in [4.69, 9.17) is 4.74 Å². The lowest BCUT2D eigenvalue weighted by Gasteiger charge is -2.32. The van der Waals surface area contributed by atoms with Gasteiger partial charge in [-0.1, -0.05) is 29.8 Å². The zero-order valence-corrected chi connectivity index (χ0v) is 14.6. The molecule has 0 bridgehead atoms. The lowest BCUT2D eigenvalue weighted by molar-refractivity contribution is -0.146. The molecule has 0 saturated heterocycles. The highest BCUT2D eigenvalue weighted by molar-refractivity contribution is 9.10. The Morgan fingerprint density at radius 2 is 1.81 bits per heavy atom. The maximum absolute atomic E-state index is 12.4. The summed E-state index contributed by atoms with van der Waals surface area (Å²) in [5, 5.41) is 3.45. The van der Waals surface area contributed by atoms with E-state index in [2.05, 4.69) is 35.1 Å². The first-order chi connectivity index (χ1) is 9.87. The van der Waals surface area contributed by atoms with Crippen molar-refractivity contribution in [2.75, 3.05) is 12.4 Å². The van der Waals surface area contributed by atoms with Gasteiger partial charge in [0.05, 0.1) is 7.11 Å². The normalized spacial score (nSPS) is 25.0. The number of halogens is 1. The molecule has 3 nitrogen and oxygen atoms in total. The quantitative estimate of drug-likeness (QED) is 0.628. The van der Waals surface area contributed by atoms with Gasteiger partial charge in [-0.3, -0.25) is 0 Å². The summed E-state index contributed by atoms with van der Waals surface area (Å²) in [6.45, 7) is 4.56. The molecule has 0 radical (unpaired) electrons. The standard InChI is InChI=1S/C17H24BrNO2/c1-16(2)9-4-10-17(12-11-16,15(20)21-3)19-14-7-5-13(18)6-8-14/h5-8,19H,4,9-12H2,1-3H3. The van der Waals surface area contributed by atoms with Crippen LogP contribution >= 0.6 is 15.9 Å². The molecule has 1 fully saturated rings. The predicted octanol–water partition coefficient (Wildman–Crippen LogP) is 4.76. The number of carbonyl (C=O) groups is 1. The molecule has 21 heavy (non-hydrogen) atoms. The minimum Gasteiger partial charge on any atom is -0.467 e. The molecule has 0 amide bonds. The van der Waals surface area contributed by atoms with Crippen LogP contribution in [0.4, 0.5) is 5.69 Å². The molecule has 0 heterocycles. The Morgan fingerprint density at radius 1 is 1.14 bits per heavy atom. The highest BCUT2D eigenvalue weighted by Crippen LogP contribution is 2.40. The van der Waals surface area contributed by atoms with Crippen molar-refractivity contribution in [2.45, 2.75) is 51.5 Å². The van der Waals surface area contributed by atoms with Crippen LogP contribution in [0.25, 0.3) is 0 Å². The average molecular weight is 354 g/mol.